The van der Waals surface area contributed by atoms with E-state index in [0.717, 1.165) is 37.9 Å². The molecule has 122 valence electrons. The van der Waals surface area contributed by atoms with Crippen LogP contribution in [0.15, 0.2) is 59.7 Å². The Morgan fingerprint density at radius 1 is 1.17 bits per heavy atom. The van der Waals surface area contributed by atoms with E-state index in [9.17, 15) is 0 Å². The van der Waals surface area contributed by atoms with E-state index in [-0.39, 0.29) is 0 Å². The highest BCUT2D eigenvalue weighted by molar-refractivity contribution is 9.10. The first-order valence-electron chi connectivity index (χ1n) is 7.69. The lowest BCUT2D eigenvalue weighted by atomic mass is 10.0. The van der Waals surface area contributed by atoms with Crippen LogP contribution in [-0.4, -0.2) is 12.1 Å². The van der Waals surface area contributed by atoms with Gasteiger partial charge in [-0.25, -0.2) is 4.98 Å². The largest absolute Gasteiger partial charge is 0.497 e. The Bertz CT molecular complexity index is 888. The third kappa shape index (κ3) is 3.44. The van der Waals surface area contributed by atoms with Crippen molar-refractivity contribution in [2.24, 2.45) is 0 Å². The van der Waals surface area contributed by atoms with Crippen LogP contribution in [-0.2, 0) is 6.54 Å². The summed E-state index contributed by atoms with van der Waals surface area (Å²) in [4.78, 5) is 4.52. The molecule has 1 aromatic heterocycles. The van der Waals surface area contributed by atoms with Crippen LogP contribution in [0.3, 0.4) is 0 Å². The average Bonchev–Trinajstić information content (AvgIpc) is 2.60. The fourth-order valence-corrected chi connectivity index (χ4v) is 3.06. The third-order valence-corrected chi connectivity index (χ3v) is 4.63. The van der Waals surface area contributed by atoms with Gasteiger partial charge in [-0.05, 0) is 47.7 Å². The second kappa shape index (κ2) is 7.05. The normalized spacial score (nSPS) is 10.6. The molecule has 2 aromatic carbocycles. The van der Waals surface area contributed by atoms with Gasteiger partial charge < -0.3 is 10.1 Å². The predicted octanol–water partition coefficient (Wildman–Crippen LogP) is 5.65. The predicted molar refractivity (Wildman–Crippen MR) is 104 cm³/mol. The van der Waals surface area contributed by atoms with Gasteiger partial charge in [-0.2, -0.15) is 0 Å². The fraction of sp³-hybridized carbons (Fsp3) is 0.150. The van der Waals surface area contributed by atoms with Crippen molar-refractivity contribution in [3.63, 3.8) is 0 Å². The van der Waals surface area contributed by atoms with Crippen molar-refractivity contribution < 1.29 is 4.74 Å². The van der Waals surface area contributed by atoms with E-state index < -0.39 is 0 Å². The quantitative estimate of drug-likeness (QED) is 0.618. The molecule has 0 spiro atoms. The summed E-state index contributed by atoms with van der Waals surface area (Å²) in [6.07, 6.45) is 1.89. The van der Waals surface area contributed by atoms with E-state index in [1.807, 2.05) is 43.5 Å². The number of nitrogens with one attached hydrogen (secondary N) is 1. The van der Waals surface area contributed by atoms with E-state index in [1.165, 1.54) is 5.56 Å². The van der Waals surface area contributed by atoms with Crippen molar-refractivity contribution in [1.29, 1.82) is 0 Å². The summed E-state index contributed by atoms with van der Waals surface area (Å²) >= 11 is 3.59. The number of pyridine rings is 1. The molecule has 0 atom stereocenters. The van der Waals surface area contributed by atoms with Crippen LogP contribution >= 0.6 is 15.9 Å². The number of fused-ring (bicyclic) bond motifs is 1. The Labute approximate surface area is 150 Å². The van der Waals surface area contributed by atoms with Crippen molar-refractivity contribution in [3.8, 4) is 5.75 Å². The molecule has 0 bridgehead atoms. The Morgan fingerprint density at radius 2 is 1.92 bits per heavy atom. The molecular weight excluding hydrogens is 364 g/mol. The number of halogens is 1. The van der Waals surface area contributed by atoms with Crippen LogP contribution in [0.1, 0.15) is 18.1 Å². The van der Waals surface area contributed by atoms with Gasteiger partial charge in [0.1, 0.15) is 11.6 Å². The van der Waals surface area contributed by atoms with Crippen LogP contribution in [0.25, 0.3) is 16.3 Å². The molecule has 0 radical (unpaired) electrons. The minimum Gasteiger partial charge on any atom is -0.497 e. The maximum atomic E-state index is 5.18. The van der Waals surface area contributed by atoms with Crippen LogP contribution in [0.5, 0.6) is 5.75 Å². The van der Waals surface area contributed by atoms with Gasteiger partial charge in [0.2, 0.25) is 0 Å². The molecule has 0 unspecified atom stereocenters. The van der Waals surface area contributed by atoms with E-state index >= 15 is 0 Å². The summed E-state index contributed by atoms with van der Waals surface area (Å²) in [6, 6.07) is 14.2. The van der Waals surface area contributed by atoms with Crippen molar-refractivity contribution in [2.75, 3.05) is 12.4 Å². The molecule has 3 rings (SSSR count). The van der Waals surface area contributed by atoms with Gasteiger partial charge in [-0.3, -0.25) is 0 Å². The van der Waals surface area contributed by atoms with E-state index in [0.29, 0.717) is 6.54 Å². The summed E-state index contributed by atoms with van der Waals surface area (Å²) in [5.41, 5.74) is 3.36. The van der Waals surface area contributed by atoms with Gasteiger partial charge in [0.15, 0.2) is 0 Å². The maximum absolute atomic E-state index is 5.18. The molecule has 3 nitrogen and oxygen atoms in total. The van der Waals surface area contributed by atoms with Crippen molar-refractivity contribution in [1.82, 2.24) is 4.98 Å². The van der Waals surface area contributed by atoms with Gasteiger partial charge in [-0.15, -0.1) is 0 Å². The molecule has 0 saturated heterocycles. The van der Waals surface area contributed by atoms with Crippen molar-refractivity contribution >= 4 is 38.1 Å². The summed E-state index contributed by atoms with van der Waals surface area (Å²) in [7, 11) is 1.67. The number of anilines is 1. The summed E-state index contributed by atoms with van der Waals surface area (Å²) in [5.74, 6) is 1.71. The fourth-order valence-electron chi connectivity index (χ4n) is 2.61. The smallest absolute Gasteiger partial charge is 0.126 e. The zero-order chi connectivity index (χ0) is 17.1. The Kier molecular flexibility index (Phi) is 4.86. The first-order valence-corrected chi connectivity index (χ1v) is 8.48. The highest BCUT2D eigenvalue weighted by Gasteiger charge is 2.07. The number of hydrogen-bond donors (Lipinski definition) is 1. The first kappa shape index (κ1) is 16.5. The van der Waals surface area contributed by atoms with Crippen LogP contribution in [0, 0.1) is 0 Å². The summed E-state index contributed by atoms with van der Waals surface area (Å²) < 4.78 is 6.22. The molecule has 24 heavy (non-hydrogen) atoms. The number of rotatable bonds is 5. The molecule has 1 heterocycles. The number of allylic oxidation sites excluding steroid dienone is 1. The molecule has 3 aromatic rings. The molecule has 0 aliphatic heterocycles. The molecular formula is C20H19BrN2O. The molecule has 0 fully saturated rings. The van der Waals surface area contributed by atoms with Crippen molar-refractivity contribution in [3.05, 3.63) is 70.8 Å². The van der Waals surface area contributed by atoms with Gasteiger partial charge in [-0.1, -0.05) is 46.3 Å². The number of nitrogens with zero attached hydrogens (tertiary/aromatic N) is 1. The van der Waals surface area contributed by atoms with Crippen molar-refractivity contribution in [2.45, 2.75) is 13.5 Å². The second-order valence-corrected chi connectivity index (χ2v) is 6.55. The molecule has 0 saturated carbocycles. The molecule has 4 heteroatoms. The Morgan fingerprint density at radius 3 is 2.58 bits per heavy atom. The average molecular weight is 383 g/mol. The molecule has 0 amide bonds. The first-order chi connectivity index (χ1) is 11.6. The van der Waals surface area contributed by atoms with Crippen LogP contribution < -0.4 is 10.1 Å². The molecule has 0 aliphatic rings. The zero-order valence-electron chi connectivity index (χ0n) is 13.8. The van der Waals surface area contributed by atoms with Gasteiger partial charge in [0.25, 0.3) is 0 Å². The highest BCUT2D eigenvalue weighted by atomic mass is 79.9. The Balaban J connectivity index is 1.87. The van der Waals surface area contributed by atoms with Gasteiger partial charge in [0, 0.05) is 22.6 Å². The number of benzene rings is 2. The van der Waals surface area contributed by atoms with Crippen LogP contribution in [0.2, 0.25) is 0 Å². The van der Waals surface area contributed by atoms with E-state index in [4.69, 9.17) is 4.74 Å². The number of ether oxygens (including phenoxy) is 1. The molecule has 1 N–H and O–H groups in total. The topological polar surface area (TPSA) is 34.2 Å². The zero-order valence-corrected chi connectivity index (χ0v) is 15.4. The molecule has 0 aliphatic carbocycles. The minimum atomic E-state index is 0.707. The monoisotopic (exact) mass is 382 g/mol. The number of aromatic nitrogens is 1. The lowest BCUT2D eigenvalue weighted by Crippen LogP contribution is -2.01. The summed E-state index contributed by atoms with van der Waals surface area (Å²) in [6.45, 7) is 6.81. The number of methoxy groups -OCH3 is 1. The standard InChI is InChI=1S/C20H19BrN2O/c1-13(2)16-8-9-19(21)18-12-23-20(10-17(16)18)22-11-14-4-6-15(24-3)7-5-14/h4-10,12H,1,11H2,2-3H3,(H,22,23). The van der Waals surface area contributed by atoms with E-state index in [2.05, 4.69) is 44.9 Å². The van der Waals surface area contributed by atoms with Crippen LogP contribution in [0.4, 0.5) is 5.82 Å². The van der Waals surface area contributed by atoms with Gasteiger partial charge in [0.05, 0.1) is 7.11 Å². The SMILES string of the molecule is C=C(C)c1ccc(Br)c2cnc(NCc3ccc(OC)cc3)cc12. The minimum absolute atomic E-state index is 0.707. The lowest BCUT2D eigenvalue weighted by molar-refractivity contribution is 0.414. The number of hydrogen-bond acceptors (Lipinski definition) is 3. The highest BCUT2D eigenvalue weighted by Crippen LogP contribution is 2.31. The van der Waals surface area contributed by atoms with E-state index in [1.54, 1.807) is 7.11 Å². The van der Waals surface area contributed by atoms with Gasteiger partial charge >= 0.3 is 0 Å². The Hall–Kier alpha value is -2.33. The summed E-state index contributed by atoms with van der Waals surface area (Å²) in [5, 5.41) is 5.61. The lowest BCUT2D eigenvalue weighted by Gasteiger charge is -2.11. The second-order valence-electron chi connectivity index (χ2n) is 5.69. The third-order valence-electron chi connectivity index (χ3n) is 3.94. The maximum Gasteiger partial charge on any atom is 0.126 e.